The van der Waals surface area contributed by atoms with Crippen LogP contribution in [0.25, 0.3) is 5.65 Å². The van der Waals surface area contributed by atoms with Crippen molar-refractivity contribution in [2.24, 2.45) is 0 Å². The standard InChI is InChI=1S/C18H18F2N4O2S/c19-16-5-4-15(11-17(16)20)27(25,26)24-9-7-22(8-10-24)12-14-13-23-6-2-1-3-18(23)21-14/h1-6,11,13H,7-10,12H2. The van der Waals surface area contributed by atoms with Crippen LogP contribution in [0.15, 0.2) is 53.7 Å². The maximum Gasteiger partial charge on any atom is 0.243 e. The molecule has 0 spiro atoms. The second-order valence-corrected chi connectivity index (χ2v) is 8.39. The summed E-state index contributed by atoms with van der Waals surface area (Å²) in [6, 6.07) is 8.44. The molecule has 2 aromatic heterocycles. The van der Waals surface area contributed by atoms with Gasteiger partial charge in [-0.1, -0.05) is 6.07 Å². The van der Waals surface area contributed by atoms with Crippen molar-refractivity contribution < 1.29 is 17.2 Å². The number of piperazine rings is 1. The van der Waals surface area contributed by atoms with Crippen molar-refractivity contribution in [3.05, 3.63) is 66.1 Å². The van der Waals surface area contributed by atoms with E-state index >= 15 is 0 Å². The highest BCUT2D eigenvalue weighted by molar-refractivity contribution is 7.89. The number of halogens is 2. The second kappa shape index (κ2) is 6.99. The molecule has 0 N–H and O–H groups in total. The molecule has 3 aromatic rings. The van der Waals surface area contributed by atoms with E-state index in [0.29, 0.717) is 19.6 Å². The van der Waals surface area contributed by atoms with Gasteiger partial charge in [0, 0.05) is 45.1 Å². The van der Waals surface area contributed by atoms with Crippen LogP contribution in [0, 0.1) is 11.6 Å². The predicted octanol–water partition coefficient (Wildman–Crippen LogP) is 2.12. The van der Waals surface area contributed by atoms with Gasteiger partial charge in [0.05, 0.1) is 10.6 Å². The van der Waals surface area contributed by atoms with Gasteiger partial charge in [-0.05, 0) is 30.3 Å². The summed E-state index contributed by atoms with van der Waals surface area (Å²) in [6.07, 6.45) is 3.89. The van der Waals surface area contributed by atoms with Crippen molar-refractivity contribution in [3.63, 3.8) is 0 Å². The number of pyridine rings is 1. The van der Waals surface area contributed by atoms with Crippen LogP contribution in [0.1, 0.15) is 5.69 Å². The molecule has 9 heteroatoms. The van der Waals surface area contributed by atoms with Gasteiger partial charge in [-0.25, -0.2) is 22.2 Å². The Bertz CT molecular complexity index is 1040. The fourth-order valence-electron chi connectivity index (χ4n) is 3.21. The lowest BCUT2D eigenvalue weighted by atomic mass is 10.3. The number of sulfonamides is 1. The Morgan fingerprint density at radius 2 is 1.78 bits per heavy atom. The molecule has 0 unspecified atom stereocenters. The molecule has 4 rings (SSSR count). The molecule has 0 atom stereocenters. The second-order valence-electron chi connectivity index (χ2n) is 6.45. The van der Waals surface area contributed by atoms with Crippen LogP contribution in [0.3, 0.4) is 0 Å². The van der Waals surface area contributed by atoms with Gasteiger partial charge >= 0.3 is 0 Å². The maximum atomic E-state index is 13.4. The lowest BCUT2D eigenvalue weighted by molar-refractivity contribution is 0.180. The third kappa shape index (κ3) is 3.58. The maximum absolute atomic E-state index is 13.4. The molecule has 142 valence electrons. The molecule has 0 aliphatic carbocycles. The van der Waals surface area contributed by atoms with Crippen molar-refractivity contribution >= 4 is 15.7 Å². The van der Waals surface area contributed by atoms with Crippen molar-refractivity contribution in [1.82, 2.24) is 18.6 Å². The highest BCUT2D eigenvalue weighted by Gasteiger charge is 2.29. The zero-order valence-corrected chi connectivity index (χ0v) is 15.2. The first kappa shape index (κ1) is 18.0. The van der Waals surface area contributed by atoms with E-state index in [4.69, 9.17) is 0 Å². The van der Waals surface area contributed by atoms with E-state index in [1.54, 1.807) is 0 Å². The Kier molecular flexibility index (Phi) is 4.67. The molecule has 0 amide bonds. The van der Waals surface area contributed by atoms with Gasteiger partial charge in [0.1, 0.15) is 5.65 Å². The highest BCUT2D eigenvalue weighted by Crippen LogP contribution is 2.20. The Morgan fingerprint density at radius 3 is 2.48 bits per heavy atom. The molecule has 0 radical (unpaired) electrons. The zero-order chi connectivity index (χ0) is 19.0. The first-order valence-corrected chi connectivity index (χ1v) is 9.98. The number of fused-ring (bicyclic) bond motifs is 1. The molecule has 0 bridgehead atoms. The molecule has 1 aliphatic heterocycles. The first-order valence-electron chi connectivity index (χ1n) is 8.54. The normalized spacial score (nSPS) is 16.8. The van der Waals surface area contributed by atoms with Crippen LogP contribution in [0.2, 0.25) is 0 Å². The van der Waals surface area contributed by atoms with Crippen LogP contribution < -0.4 is 0 Å². The molecule has 0 saturated carbocycles. The number of imidazole rings is 1. The van der Waals surface area contributed by atoms with Crippen molar-refractivity contribution in [2.75, 3.05) is 26.2 Å². The van der Waals surface area contributed by atoms with E-state index in [9.17, 15) is 17.2 Å². The Balaban J connectivity index is 1.42. The molecule has 1 aromatic carbocycles. The van der Waals surface area contributed by atoms with E-state index in [1.165, 1.54) is 4.31 Å². The van der Waals surface area contributed by atoms with Gasteiger partial charge in [0.2, 0.25) is 10.0 Å². The molecule has 1 saturated heterocycles. The van der Waals surface area contributed by atoms with Crippen LogP contribution in [-0.4, -0.2) is 53.2 Å². The average Bonchev–Trinajstić information content (AvgIpc) is 3.06. The number of nitrogens with zero attached hydrogens (tertiary/aromatic N) is 4. The molecule has 1 aliphatic rings. The Labute approximate surface area is 155 Å². The molecule has 1 fully saturated rings. The van der Waals surface area contributed by atoms with Crippen LogP contribution in [-0.2, 0) is 16.6 Å². The van der Waals surface area contributed by atoms with E-state index < -0.39 is 21.7 Å². The number of benzene rings is 1. The van der Waals surface area contributed by atoms with Crippen LogP contribution in [0.4, 0.5) is 8.78 Å². The Morgan fingerprint density at radius 1 is 1.00 bits per heavy atom. The quantitative estimate of drug-likeness (QED) is 0.683. The fourth-order valence-corrected chi connectivity index (χ4v) is 4.64. The van der Waals surface area contributed by atoms with Gasteiger partial charge in [-0.15, -0.1) is 0 Å². The van der Waals surface area contributed by atoms with Crippen molar-refractivity contribution in [2.45, 2.75) is 11.4 Å². The van der Waals surface area contributed by atoms with Gasteiger partial charge in [-0.2, -0.15) is 4.31 Å². The predicted molar refractivity (Wildman–Crippen MR) is 95.6 cm³/mol. The molecular weight excluding hydrogens is 374 g/mol. The topological polar surface area (TPSA) is 57.9 Å². The number of rotatable bonds is 4. The lowest BCUT2D eigenvalue weighted by Crippen LogP contribution is -2.48. The minimum Gasteiger partial charge on any atom is -0.307 e. The third-order valence-corrected chi connectivity index (χ3v) is 6.55. The van der Waals surface area contributed by atoms with Crippen LogP contribution >= 0.6 is 0 Å². The van der Waals surface area contributed by atoms with Gasteiger partial charge < -0.3 is 4.40 Å². The summed E-state index contributed by atoms with van der Waals surface area (Å²) in [6.45, 7) is 2.28. The molecule has 27 heavy (non-hydrogen) atoms. The minimum atomic E-state index is -3.84. The van der Waals surface area contributed by atoms with E-state index in [0.717, 1.165) is 29.5 Å². The summed E-state index contributed by atoms with van der Waals surface area (Å²) in [7, 11) is -3.84. The first-order chi connectivity index (χ1) is 12.9. The summed E-state index contributed by atoms with van der Waals surface area (Å²) in [5.41, 5.74) is 1.78. The average molecular weight is 392 g/mol. The van der Waals surface area contributed by atoms with E-state index in [-0.39, 0.29) is 18.0 Å². The summed E-state index contributed by atoms with van der Waals surface area (Å²) in [5.74, 6) is -2.23. The largest absolute Gasteiger partial charge is 0.307 e. The Hall–Kier alpha value is -2.36. The monoisotopic (exact) mass is 392 g/mol. The van der Waals surface area contributed by atoms with Crippen molar-refractivity contribution in [1.29, 1.82) is 0 Å². The van der Waals surface area contributed by atoms with Gasteiger partial charge in [0.15, 0.2) is 11.6 Å². The number of hydrogen-bond acceptors (Lipinski definition) is 4. The van der Waals surface area contributed by atoms with E-state index in [2.05, 4.69) is 9.88 Å². The zero-order valence-electron chi connectivity index (χ0n) is 14.4. The molecule has 3 heterocycles. The molecule has 6 nitrogen and oxygen atoms in total. The molecular formula is C18H18F2N4O2S. The van der Waals surface area contributed by atoms with Gasteiger partial charge in [-0.3, -0.25) is 4.90 Å². The highest BCUT2D eigenvalue weighted by atomic mass is 32.2. The summed E-state index contributed by atoms with van der Waals surface area (Å²) >= 11 is 0. The van der Waals surface area contributed by atoms with Crippen molar-refractivity contribution in [3.8, 4) is 0 Å². The minimum absolute atomic E-state index is 0.227. The third-order valence-electron chi connectivity index (χ3n) is 4.66. The summed E-state index contributed by atoms with van der Waals surface area (Å²) in [5, 5.41) is 0. The number of hydrogen-bond donors (Lipinski definition) is 0. The number of aromatic nitrogens is 2. The summed E-state index contributed by atoms with van der Waals surface area (Å²) in [4.78, 5) is 6.45. The lowest BCUT2D eigenvalue weighted by Gasteiger charge is -2.33. The fraction of sp³-hybridized carbons (Fsp3) is 0.278. The smallest absolute Gasteiger partial charge is 0.243 e. The SMILES string of the molecule is O=S(=O)(c1ccc(F)c(F)c1)N1CCN(Cc2cn3ccccc3n2)CC1. The van der Waals surface area contributed by atoms with E-state index in [1.807, 2.05) is 35.0 Å². The van der Waals surface area contributed by atoms with Gasteiger partial charge in [0.25, 0.3) is 0 Å². The van der Waals surface area contributed by atoms with Crippen LogP contribution in [0.5, 0.6) is 0 Å². The summed E-state index contributed by atoms with van der Waals surface area (Å²) < 4.78 is 55.0.